The molecule has 156 valence electrons. The van der Waals surface area contributed by atoms with Crippen molar-refractivity contribution in [3.05, 3.63) is 64.3 Å². The number of aromatic nitrogens is 1. The topological polar surface area (TPSA) is 105 Å². The second-order valence-corrected chi connectivity index (χ2v) is 5.76. The maximum Gasteiger partial charge on any atom is 0.573 e. The molecule has 0 spiro atoms. The molecule has 0 aliphatic rings. The molecule has 0 saturated heterocycles. The zero-order chi connectivity index (χ0) is 21.9. The molecule has 0 bridgehead atoms. The quantitative estimate of drug-likeness (QED) is 0.313. The van der Waals surface area contributed by atoms with Crippen molar-refractivity contribution in [1.29, 1.82) is 0 Å². The highest BCUT2D eigenvalue weighted by Gasteiger charge is 2.31. The summed E-state index contributed by atoms with van der Waals surface area (Å²) in [5.41, 5.74) is -0.391. The van der Waals surface area contributed by atoms with Crippen LogP contribution in [-0.4, -0.2) is 28.8 Å². The highest BCUT2D eigenvalue weighted by atomic mass is 19.4. The van der Waals surface area contributed by atoms with Gasteiger partial charge in [-0.05, 0) is 37.3 Å². The number of nitrogens with zero attached hydrogens (tertiary/aromatic N) is 2. The molecule has 0 aliphatic carbocycles. The molecule has 1 aromatic heterocycles. The van der Waals surface area contributed by atoms with Crippen LogP contribution < -0.4 is 4.74 Å². The average molecular weight is 422 g/mol. The van der Waals surface area contributed by atoms with Gasteiger partial charge in [-0.3, -0.25) is 10.1 Å². The summed E-state index contributed by atoms with van der Waals surface area (Å²) < 4.78 is 51.3. The maximum absolute atomic E-state index is 12.3. The lowest BCUT2D eigenvalue weighted by Crippen LogP contribution is -2.16. The van der Waals surface area contributed by atoms with E-state index in [1.165, 1.54) is 36.4 Å². The minimum absolute atomic E-state index is 0.00123. The molecule has 1 heterocycles. The van der Waals surface area contributed by atoms with Crippen LogP contribution in [0.4, 0.5) is 18.9 Å². The van der Waals surface area contributed by atoms with Gasteiger partial charge in [0.25, 0.3) is 5.69 Å². The number of oxazole rings is 1. The number of hydrogen-bond acceptors (Lipinski definition) is 7. The molecule has 0 fully saturated rings. The van der Waals surface area contributed by atoms with Gasteiger partial charge in [0.2, 0.25) is 5.89 Å². The molecule has 0 amide bonds. The number of hydrogen-bond donors (Lipinski definition) is 0. The van der Waals surface area contributed by atoms with Crippen LogP contribution in [-0.2, 0) is 4.74 Å². The number of para-hydroxylation sites is 1. The fourth-order valence-corrected chi connectivity index (χ4v) is 2.59. The average Bonchev–Trinajstić information content (AvgIpc) is 3.13. The van der Waals surface area contributed by atoms with E-state index in [1.807, 2.05) is 0 Å². The van der Waals surface area contributed by atoms with Crippen LogP contribution in [0, 0.1) is 10.1 Å². The summed E-state index contributed by atoms with van der Waals surface area (Å²) in [5.74, 6) is -1.64. The van der Waals surface area contributed by atoms with Crippen LogP contribution in [0.1, 0.15) is 17.4 Å². The lowest BCUT2D eigenvalue weighted by molar-refractivity contribution is -0.384. The zero-order valence-corrected chi connectivity index (χ0v) is 15.3. The van der Waals surface area contributed by atoms with Gasteiger partial charge < -0.3 is 13.9 Å². The minimum Gasteiger partial charge on any atom is -0.461 e. The van der Waals surface area contributed by atoms with Crippen LogP contribution in [0.25, 0.3) is 22.8 Å². The summed E-state index contributed by atoms with van der Waals surface area (Å²) in [6.45, 7) is 1.60. The van der Waals surface area contributed by atoms with Crippen LogP contribution in [0.5, 0.6) is 5.75 Å². The Morgan fingerprint density at radius 3 is 2.43 bits per heavy atom. The van der Waals surface area contributed by atoms with Crippen molar-refractivity contribution in [2.45, 2.75) is 13.3 Å². The third-order valence-corrected chi connectivity index (χ3v) is 3.78. The third-order valence-electron chi connectivity index (χ3n) is 3.78. The fraction of sp³-hybridized carbons (Fsp3) is 0.158. The van der Waals surface area contributed by atoms with Crippen LogP contribution in [0.15, 0.2) is 52.9 Å². The lowest BCUT2D eigenvalue weighted by atomic mass is 10.1. The van der Waals surface area contributed by atoms with Gasteiger partial charge in [-0.15, -0.1) is 13.2 Å². The Morgan fingerprint density at radius 1 is 1.17 bits per heavy atom. The molecule has 0 N–H and O–H groups in total. The van der Waals surface area contributed by atoms with E-state index >= 15 is 0 Å². The number of ether oxygens (including phenoxy) is 2. The molecule has 0 unspecified atom stereocenters. The first-order chi connectivity index (χ1) is 14.2. The Bertz CT molecular complexity index is 1080. The van der Waals surface area contributed by atoms with E-state index in [4.69, 9.17) is 9.15 Å². The molecule has 11 heteroatoms. The number of nitro groups is 1. The zero-order valence-electron chi connectivity index (χ0n) is 15.3. The smallest absolute Gasteiger partial charge is 0.461 e. The Morgan fingerprint density at radius 2 is 1.83 bits per heavy atom. The second kappa shape index (κ2) is 8.23. The Hall–Kier alpha value is -3.89. The Labute approximate surface area is 167 Å². The van der Waals surface area contributed by atoms with E-state index in [2.05, 4.69) is 9.72 Å². The molecule has 8 nitrogen and oxygen atoms in total. The number of nitro benzene ring substituents is 1. The van der Waals surface area contributed by atoms with E-state index in [0.717, 1.165) is 12.1 Å². The lowest BCUT2D eigenvalue weighted by Gasteiger charge is -2.08. The van der Waals surface area contributed by atoms with Crippen molar-refractivity contribution in [1.82, 2.24) is 4.98 Å². The Balaban J connectivity index is 2.07. The van der Waals surface area contributed by atoms with Crippen molar-refractivity contribution < 1.29 is 36.8 Å². The number of carbonyl (C=O) groups is 1. The van der Waals surface area contributed by atoms with Crippen molar-refractivity contribution in [2.24, 2.45) is 0 Å². The Kier molecular flexibility index (Phi) is 5.72. The molecule has 0 aliphatic heterocycles. The summed E-state index contributed by atoms with van der Waals surface area (Å²) in [6.07, 6.45) is -4.85. The SMILES string of the molecule is CCOC(=O)c1nc(-c2ccc(OC(F)(F)F)cc2)oc1-c1ccccc1[N+](=O)[O-]. The van der Waals surface area contributed by atoms with Gasteiger partial charge in [0.15, 0.2) is 11.5 Å². The van der Waals surface area contributed by atoms with Crippen LogP contribution >= 0.6 is 0 Å². The first kappa shape index (κ1) is 20.8. The molecule has 30 heavy (non-hydrogen) atoms. The molecule has 0 atom stereocenters. The predicted octanol–water partition coefficient (Wildman–Crippen LogP) is 4.99. The van der Waals surface area contributed by atoms with Gasteiger partial charge in [0, 0.05) is 11.6 Å². The number of esters is 1. The molecular formula is C19H13F3N2O6. The summed E-state index contributed by atoms with van der Waals surface area (Å²) in [5, 5.41) is 11.4. The summed E-state index contributed by atoms with van der Waals surface area (Å²) in [4.78, 5) is 27.1. The highest BCUT2D eigenvalue weighted by Crippen LogP contribution is 2.36. The van der Waals surface area contributed by atoms with Gasteiger partial charge in [-0.1, -0.05) is 12.1 Å². The molecule has 0 saturated carbocycles. The van der Waals surface area contributed by atoms with Crippen molar-refractivity contribution in [3.8, 4) is 28.5 Å². The van der Waals surface area contributed by atoms with Crippen molar-refractivity contribution >= 4 is 11.7 Å². The van der Waals surface area contributed by atoms with E-state index in [1.54, 1.807) is 6.92 Å². The molecule has 3 rings (SSSR count). The van der Waals surface area contributed by atoms with Gasteiger partial charge >= 0.3 is 12.3 Å². The van der Waals surface area contributed by atoms with Crippen molar-refractivity contribution in [3.63, 3.8) is 0 Å². The van der Waals surface area contributed by atoms with E-state index < -0.39 is 23.0 Å². The predicted molar refractivity (Wildman–Crippen MR) is 96.7 cm³/mol. The molecule has 2 aromatic carbocycles. The van der Waals surface area contributed by atoms with E-state index in [0.29, 0.717) is 0 Å². The van der Waals surface area contributed by atoms with Gasteiger partial charge in [-0.25, -0.2) is 9.78 Å². The summed E-state index contributed by atoms with van der Waals surface area (Å²) >= 11 is 0. The first-order valence-corrected chi connectivity index (χ1v) is 8.47. The number of benzene rings is 2. The maximum atomic E-state index is 12.3. The number of halogens is 3. The highest BCUT2D eigenvalue weighted by molar-refractivity contribution is 5.95. The van der Waals surface area contributed by atoms with Crippen molar-refractivity contribution in [2.75, 3.05) is 6.61 Å². The monoisotopic (exact) mass is 422 g/mol. The minimum atomic E-state index is -4.85. The van der Waals surface area contributed by atoms with E-state index in [9.17, 15) is 28.1 Å². The first-order valence-electron chi connectivity index (χ1n) is 8.47. The van der Waals surface area contributed by atoms with Gasteiger partial charge in [0.1, 0.15) is 5.75 Å². The molecular weight excluding hydrogens is 409 g/mol. The standard InChI is InChI=1S/C19H13F3N2O6/c1-2-28-18(25)15-16(13-5-3-4-6-14(13)24(26)27)29-17(23-15)11-7-9-12(10-8-11)30-19(20,21)22/h3-10H,2H2,1H3. The number of alkyl halides is 3. The van der Waals surface area contributed by atoms with E-state index in [-0.39, 0.29) is 40.8 Å². The van der Waals surface area contributed by atoms with Crippen LogP contribution in [0.2, 0.25) is 0 Å². The van der Waals surface area contributed by atoms with Crippen LogP contribution in [0.3, 0.4) is 0 Å². The largest absolute Gasteiger partial charge is 0.573 e. The van der Waals surface area contributed by atoms with Gasteiger partial charge in [0.05, 0.1) is 17.1 Å². The summed E-state index contributed by atoms with van der Waals surface area (Å²) in [6, 6.07) is 10.1. The third kappa shape index (κ3) is 4.57. The fourth-order valence-electron chi connectivity index (χ4n) is 2.59. The molecule has 0 radical (unpaired) electrons. The second-order valence-electron chi connectivity index (χ2n) is 5.76. The summed E-state index contributed by atoms with van der Waals surface area (Å²) in [7, 11) is 0. The number of carbonyl (C=O) groups excluding carboxylic acids is 1. The van der Waals surface area contributed by atoms with Gasteiger partial charge in [-0.2, -0.15) is 0 Å². The number of rotatable bonds is 6. The normalized spacial score (nSPS) is 11.2. The molecule has 3 aromatic rings.